The lowest BCUT2D eigenvalue weighted by Crippen LogP contribution is -2.41. The molecule has 5 rings (SSSR count). The van der Waals surface area contributed by atoms with Crippen LogP contribution in [0.3, 0.4) is 0 Å². The average molecular weight is 481 g/mol. The zero-order valence-electron chi connectivity index (χ0n) is 20.5. The lowest BCUT2D eigenvalue weighted by Gasteiger charge is -2.32. The number of benzene rings is 1. The number of nitrogens with one attached hydrogen (secondary N) is 1. The highest BCUT2D eigenvalue weighted by Crippen LogP contribution is 2.40. The second kappa shape index (κ2) is 9.97. The molecule has 0 bridgehead atoms. The monoisotopic (exact) mass is 480 g/mol. The summed E-state index contributed by atoms with van der Waals surface area (Å²) >= 11 is 0. The molecule has 0 unspecified atom stereocenters. The molecule has 1 N–H and O–H groups in total. The first kappa shape index (κ1) is 23.2. The number of amides is 1. The molecule has 4 heterocycles. The van der Waals surface area contributed by atoms with Crippen molar-refractivity contribution in [1.82, 2.24) is 19.5 Å². The molecule has 1 aromatic carbocycles. The van der Waals surface area contributed by atoms with Gasteiger partial charge >= 0.3 is 0 Å². The summed E-state index contributed by atoms with van der Waals surface area (Å²) in [5, 5.41) is 3.03. The molecule has 2 aromatic heterocycles. The zero-order chi connectivity index (χ0) is 24.4. The van der Waals surface area contributed by atoms with Crippen LogP contribution >= 0.6 is 0 Å². The van der Waals surface area contributed by atoms with Gasteiger partial charge < -0.3 is 29.0 Å². The van der Waals surface area contributed by atoms with E-state index in [2.05, 4.69) is 24.8 Å². The van der Waals surface area contributed by atoms with Crippen LogP contribution in [0.25, 0.3) is 11.2 Å². The predicted molar refractivity (Wildman–Crippen MR) is 133 cm³/mol. The summed E-state index contributed by atoms with van der Waals surface area (Å²) in [5.41, 5.74) is 2.34. The smallest absolute Gasteiger partial charge is 0.229 e. The lowest BCUT2D eigenvalue weighted by molar-refractivity contribution is -0.120. The Morgan fingerprint density at radius 2 is 1.80 bits per heavy atom. The third-order valence-corrected chi connectivity index (χ3v) is 6.90. The molecule has 0 aliphatic carbocycles. The Kier molecular flexibility index (Phi) is 6.61. The number of rotatable bonds is 6. The van der Waals surface area contributed by atoms with E-state index in [4.69, 9.17) is 19.2 Å². The van der Waals surface area contributed by atoms with Gasteiger partial charge in [0.05, 0.1) is 27.2 Å². The number of fused-ring (bicyclic) bond motifs is 3. The van der Waals surface area contributed by atoms with E-state index in [0.29, 0.717) is 29.5 Å². The normalized spacial score (nSPS) is 18.0. The molecule has 10 nitrogen and oxygen atoms in total. The summed E-state index contributed by atoms with van der Waals surface area (Å²) < 4.78 is 18.5. The topological polar surface area (TPSA) is 104 Å². The van der Waals surface area contributed by atoms with Gasteiger partial charge in [-0.1, -0.05) is 6.42 Å². The molecule has 1 saturated heterocycles. The fourth-order valence-corrected chi connectivity index (χ4v) is 5.14. The van der Waals surface area contributed by atoms with E-state index in [1.165, 1.54) is 6.42 Å². The van der Waals surface area contributed by atoms with Crippen LogP contribution in [0.15, 0.2) is 18.5 Å². The van der Waals surface area contributed by atoms with Crippen LogP contribution in [0.1, 0.15) is 37.9 Å². The second-order valence-corrected chi connectivity index (χ2v) is 9.05. The van der Waals surface area contributed by atoms with Crippen LogP contribution in [0.5, 0.6) is 17.2 Å². The molecule has 35 heavy (non-hydrogen) atoms. The third-order valence-electron chi connectivity index (χ3n) is 6.90. The van der Waals surface area contributed by atoms with Gasteiger partial charge in [-0.15, -0.1) is 0 Å². The van der Waals surface area contributed by atoms with Crippen molar-refractivity contribution in [1.29, 1.82) is 0 Å². The highest BCUT2D eigenvalue weighted by molar-refractivity contribution is 5.94. The van der Waals surface area contributed by atoms with Crippen molar-refractivity contribution < 1.29 is 19.0 Å². The molecular formula is C25H32N6O4. The molecule has 0 spiro atoms. The van der Waals surface area contributed by atoms with Crippen molar-refractivity contribution >= 4 is 28.6 Å². The number of methoxy groups -OCH3 is 3. The molecule has 1 fully saturated rings. The number of anilines is 2. The highest BCUT2D eigenvalue weighted by Gasteiger charge is 2.29. The standard InChI is InChI=1S/C25H32N6O4/c1-33-18-12-17(13-19(34-2)22(18)35-3)28-25(32)16-8-7-10-30(14-16)23-21-24(27-15-26-23)31-11-6-4-5-9-20(31)29-21/h12-13,15-16H,4-11,14H2,1-3H3,(H,28,32)/t16-/m0/s1. The van der Waals surface area contributed by atoms with Gasteiger partial charge in [0.2, 0.25) is 11.7 Å². The molecule has 2 aliphatic heterocycles. The van der Waals surface area contributed by atoms with Crippen LogP contribution in [-0.2, 0) is 17.8 Å². The fourth-order valence-electron chi connectivity index (χ4n) is 5.14. The maximum atomic E-state index is 13.3. The number of ether oxygens (including phenoxy) is 3. The highest BCUT2D eigenvalue weighted by atomic mass is 16.5. The Morgan fingerprint density at radius 3 is 2.54 bits per heavy atom. The van der Waals surface area contributed by atoms with Crippen LogP contribution in [0.2, 0.25) is 0 Å². The number of piperidine rings is 1. The van der Waals surface area contributed by atoms with Gasteiger partial charge in [0.1, 0.15) is 12.2 Å². The van der Waals surface area contributed by atoms with Crippen LogP contribution < -0.4 is 24.4 Å². The molecule has 10 heteroatoms. The summed E-state index contributed by atoms with van der Waals surface area (Å²) in [6.45, 7) is 2.36. The molecule has 0 saturated carbocycles. The molecular weight excluding hydrogens is 448 g/mol. The maximum Gasteiger partial charge on any atom is 0.229 e. The van der Waals surface area contributed by atoms with E-state index in [-0.39, 0.29) is 11.8 Å². The van der Waals surface area contributed by atoms with Crippen molar-refractivity contribution in [2.24, 2.45) is 5.92 Å². The van der Waals surface area contributed by atoms with Gasteiger partial charge in [0.25, 0.3) is 0 Å². The van der Waals surface area contributed by atoms with E-state index < -0.39 is 0 Å². The molecule has 186 valence electrons. The Morgan fingerprint density at radius 1 is 1.00 bits per heavy atom. The second-order valence-electron chi connectivity index (χ2n) is 9.05. The van der Waals surface area contributed by atoms with Crippen LogP contribution in [-0.4, -0.2) is 59.8 Å². The van der Waals surface area contributed by atoms with Gasteiger partial charge in [-0.3, -0.25) is 4.79 Å². The number of aromatic nitrogens is 4. The average Bonchev–Trinajstić information content (AvgIpc) is 3.08. The molecule has 3 aromatic rings. The van der Waals surface area contributed by atoms with E-state index in [1.807, 2.05) is 0 Å². The minimum atomic E-state index is -0.187. The molecule has 1 atom stereocenters. The molecule has 1 amide bonds. The molecule has 0 radical (unpaired) electrons. The van der Waals surface area contributed by atoms with Gasteiger partial charge in [0, 0.05) is 43.9 Å². The Labute approximate surface area is 204 Å². The Bertz CT molecular complexity index is 1200. The first-order chi connectivity index (χ1) is 17.1. The van der Waals surface area contributed by atoms with Crippen molar-refractivity contribution in [3.8, 4) is 17.2 Å². The van der Waals surface area contributed by atoms with E-state index >= 15 is 0 Å². The summed E-state index contributed by atoms with van der Waals surface area (Å²) in [5.74, 6) is 3.16. The fraction of sp³-hybridized carbons (Fsp3) is 0.520. The minimum absolute atomic E-state index is 0.0464. The minimum Gasteiger partial charge on any atom is -0.493 e. The van der Waals surface area contributed by atoms with Gasteiger partial charge in [-0.05, 0) is 25.7 Å². The lowest BCUT2D eigenvalue weighted by atomic mass is 9.97. The van der Waals surface area contributed by atoms with Crippen LogP contribution in [0, 0.1) is 5.92 Å². The van der Waals surface area contributed by atoms with Crippen molar-refractivity contribution in [3.05, 3.63) is 24.3 Å². The quantitative estimate of drug-likeness (QED) is 0.572. The number of imidazole rings is 1. The summed E-state index contributed by atoms with van der Waals surface area (Å²) in [7, 11) is 4.66. The van der Waals surface area contributed by atoms with E-state index in [0.717, 1.165) is 68.0 Å². The summed E-state index contributed by atoms with van der Waals surface area (Å²) in [6.07, 6.45) is 7.81. The van der Waals surface area contributed by atoms with Gasteiger partial charge in [-0.25, -0.2) is 15.0 Å². The number of carbonyl (C=O) groups is 1. The van der Waals surface area contributed by atoms with E-state index in [1.54, 1.807) is 39.8 Å². The van der Waals surface area contributed by atoms with Crippen LogP contribution in [0.4, 0.5) is 11.5 Å². The molecule has 2 aliphatic rings. The Hall–Kier alpha value is -3.56. The predicted octanol–water partition coefficient (Wildman–Crippen LogP) is 3.43. The maximum absolute atomic E-state index is 13.3. The van der Waals surface area contributed by atoms with Crippen molar-refractivity contribution in [2.45, 2.75) is 45.1 Å². The van der Waals surface area contributed by atoms with Crippen molar-refractivity contribution in [2.75, 3.05) is 44.6 Å². The van der Waals surface area contributed by atoms with Gasteiger partial charge in [0.15, 0.2) is 28.5 Å². The zero-order valence-corrected chi connectivity index (χ0v) is 20.5. The summed E-state index contributed by atoms with van der Waals surface area (Å²) in [6, 6.07) is 3.48. The largest absolute Gasteiger partial charge is 0.493 e. The number of nitrogens with zero attached hydrogens (tertiary/aromatic N) is 5. The summed E-state index contributed by atoms with van der Waals surface area (Å²) in [4.78, 5) is 29.5. The first-order valence-corrected chi connectivity index (χ1v) is 12.2. The van der Waals surface area contributed by atoms with Gasteiger partial charge in [-0.2, -0.15) is 0 Å². The number of aryl methyl sites for hydroxylation is 2. The number of hydrogen-bond donors (Lipinski definition) is 1. The van der Waals surface area contributed by atoms with Crippen molar-refractivity contribution in [3.63, 3.8) is 0 Å². The van der Waals surface area contributed by atoms with E-state index in [9.17, 15) is 4.79 Å². The number of hydrogen-bond acceptors (Lipinski definition) is 8. The first-order valence-electron chi connectivity index (χ1n) is 12.2. The SMILES string of the molecule is COc1cc(NC(=O)[C@H]2CCCN(c3ncnc4c3nc3n4CCCCC3)C2)cc(OC)c1OC. The third kappa shape index (κ3) is 4.44. The number of carbonyl (C=O) groups excluding carboxylic acids is 1. The Balaban J connectivity index is 1.36.